The van der Waals surface area contributed by atoms with Crippen molar-refractivity contribution in [2.75, 3.05) is 11.9 Å². The molecular weight excluding hydrogens is 332 g/mol. The molecule has 1 rings (SSSR count). The molecule has 0 saturated heterocycles. The van der Waals surface area contributed by atoms with Crippen LogP contribution in [0, 0.1) is 12.8 Å². The lowest BCUT2D eigenvalue weighted by Gasteiger charge is -2.12. The lowest BCUT2D eigenvalue weighted by Crippen LogP contribution is -2.05. The van der Waals surface area contributed by atoms with E-state index in [9.17, 15) is 0 Å². The molecule has 0 saturated carbocycles. The van der Waals surface area contributed by atoms with E-state index in [2.05, 4.69) is 51.8 Å². The zero-order chi connectivity index (χ0) is 12.0. The quantitative estimate of drug-likeness (QED) is 0.660. The highest BCUT2D eigenvalue weighted by molar-refractivity contribution is 9.10. The number of alkyl halides is 1. The summed E-state index contributed by atoms with van der Waals surface area (Å²) in [6.07, 6.45) is 2.32. The molecule has 3 heteroatoms. The van der Waals surface area contributed by atoms with Gasteiger partial charge in [0, 0.05) is 9.80 Å². The van der Waals surface area contributed by atoms with E-state index in [1.807, 2.05) is 12.1 Å². The van der Waals surface area contributed by atoms with Crippen LogP contribution in [0.4, 0.5) is 0 Å². The Morgan fingerprint density at radius 1 is 1.31 bits per heavy atom. The zero-order valence-corrected chi connectivity index (χ0v) is 13.0. The first kappa shape index (κ1) is 14.0. The van der Waals surface area contributed by atoms with Gasteiger partial charge in [0.25, 0.3) is 0 Å². The smallest absolute Gasteiger partial charge is 0.122 e. The summed E-state index contributed by atoms with van der Waals surface area (Å²) in [4.78, 5) is 0. The minimum absolute atomic E-state index is 0.718. The third-order valence-corrected chi connectivity index (χ3v) is 3.56. The van der Waals surface area contributed by atoms with Gasteiger partial charge in [-0.25, -0.2) is 0 Å². The lowest BCUT2D eigenvalue weighted by atomic mass is 10.1. The highest BCUT2D eigenvalue weighted by Crippen LogP contribution is 2.22. The minimum Gasteiger partial charge on any atom is -0.493 e. The fourth-order valence-electron chi connectivity index (χ4n) is 1.48. The lowest BCUT2D eigenvalue weighted by molar-refractivity contribution is 0.280. The van der Waals surface area contributed by atoms with Crippen LogP contribution in [0.3, 0.4) is 0 Å². The molecule has 0 aromatic heterocycles. The maximum atomic E-state index is 5.77. The van der Waals surface area contributed by atoms with E-state index in [1.54, 1.807) is 0 Å². The first-order chi connectivity index (χ1) is 7.63. The molecule has 1 aromatic carbocycles. The minimum atomic E-state index is 0.718. The molecule has 90 valence electrons. The van der Waals surface area contributed by atoms with E-state index >= 15 is 0 Å². The van der Waals surface area contributed by atoms with Crippen molar-refractivity contribution in [2.24, 2.45) is 5.92 Å². The SMILES string of the molecule is Cc1cc(Br)ccc1OCCC(C)CCBr. The van der Waals surface area contributed by atoms with Gasteiger partial charge >= 0.3 is 0 Å². The number of benzene rings is 1. The Bertz CT molecular complexity index is 326. The van der Waals surface area contributed by atoms with Crippen LogP contribution < -0.4 is 4.74 Å². The molecule has 0 aliphatic carbocycles. The van der Waals surface area contributed by atoms with Gasteiger partial charge in [0.15, 0.2) is 0 Å². The molecule has 0 aliphatic heterocycles. The van der Waals surface area contributed by atoms with Gasteiger partial charge in [-0.05, 0) is 49.4 Å². The van der Waals surface area contributed by atoms with E-state index in [4.69, 9.17) is 4.74 Å². The molecule has 1 nitrogen and oxygen atoms in total. The first-order valence-electron chi connectivity index (χ1n) is 5.58. The third kappa shape index (κ3) is 4.88. The highest BCUT2D eigenvalue weighted by atomic mass is 79.9. The van der Waals surface area contributed by atoms with Crippen LogP contribution >= 0.6 is 31.9 Å². The standard InChI is InChI=1S/C13H18Br2O/c1-10(5-7-14)6-8-16-13-4-3-12(15)9-11(13)2/h3-4,9-10H,5-8H2,1-2H3. The second-order valence-corrected chi connectivity index (χ2v) is 5.84. The summed E-state index contributed by atoms with van der Waals surface area (Å²) in [6.45, 7) is 5.14. The third-order valence-electron chi connectivity index (χ3n) is 2.61. The van der Waals surface area contributed by atoms with Gasteiger partial charge in [0.05, 0.1) is 6.61 Å². The molecule has 16 heavy (non-hydrogen) atoms. The van der Waals surface area contributed by atoms with Crippen molar-refractivity contribution in [2.45, 2.75) is 26.7 Å². The van der Waals surface area contributed by atoms with Crippen LogP contribution in [-0.2, 0) is 0 Å². The molecule has 0 N–H and O–H groups in total. The molecular formula is C13H18Br2O. The molecule has 0 radical (unpaired) electrons. The largest absolute Gasteiger partial charge is 0.493 e. The highest BCUT2D eigenvalue weighted by Gasteiger charge is 2.03. The number of rotatable bonds is 6. The maximum Gasteiger partial charge on any atom is 0.122 e. The monoisotopic (exact) mass is 348 g/mol. The van der Waals surface area contributed by atoms with Gasteiger partial charge in [0.2, 0.25) is 0 Å². The van der Waals surface area contributed by atoms with Crippen molar-refractivity contribution in [3.63, 3.8) is 0 Å². The number of hydrogen-bond donors (Lipinski definition) is 0. The topological polar surface area (TPSA) is 9.23 Å². The van der Waals surface area contributed by atoms with Gasteiger partial charge in [-0.2, -0.15) is 0 Å². The molecule has 0 fully saturated rings. The second-order valence-electron chi connectivity index (χ2n) is 4.13. The van der Waals surface area contributed by atoms with E-state index in [-0.39, 0.29) is 0 Å². The van der Waals surface area contributed by atoms with Crippen molar-refractivity contribution in [3.05, 3.63) is 28.2 Å². The van der Waals surface area contributed by atoms with Gasteiger partial charge in [-0.1, -0.05) is 38.8 Å². The van der Waals surface area contributed by atoms with Crippen LogP contribution in [0.25, 0.3) is 0 Å². The summed E-state index contributed by atoms with van der Waals surface area (Å²) >= 11 is 6.91. The Morgan fingerprint density at radius 3 is 2.69 bits per heavy atom. The first-order valence-corrected chi connectivity index (χ1v) is 7.50. The molecule has 1 aromatic rings. The number of aryl methyl sites for hydroxylation is 1. The molecule has 0 heterocycles. The normalized spacial score (nSPS) is 12.5. The van der Waals surface area contributed by atoms with Crippen molar-refractivity contribution in [3.8, 4) is 5.75 Å². The van der Waals surface area contributed by atoms with Crippen molar-refractivity contribution >= 4 is 31.9 Å². The average molecular weight is 350 g/mol. The van der Waals surface area contributed by atoms with Crippen molar-refractivity contribution in [1.82, 2.24) is 0 Å². The van der Waals surface area contributed by atoms with Gasteiger partial charge in [-0.3, -0.25) is 0 Å². The molecule has 1 atom stereocenters. The Hall–Kier alpha value is -0.0200. The van der Waals surface area contributed by atoms with E-state index in [1.165, 1.54) is 12.0 Å². The van der Waals surface area contributed by atoms with Crippen LogP contribution in [0.2, 0.25) is 0 Å². The summed E-state index contributed by atoms with van der Waals surface area (Å²) in [5.41, 5.74) is 1.18. The van der Waals surface area contributed by atoms with Gasteiger partial charge < -0.3 is 4.74 Å². The van der Waals surface area contributed by atoms with Crippen LogP contribution in [-0.4, -0.2) is 11.9 Å². The number of ether oxygens (including phenoxy) is 1. The second kappa shape index (κ2) is 7.33. The predicted molar refractivity (Wildman–Crippen MR) is 76.6 cm³/mol. The number of halogens is 2. The molecule has 0 aliphatic rings. The molecule has 1 unspecified atom stereocenters. The van der Waals surface area contributed by atoms with Gasteiger partial charge in [0.1, 0.15) is 5.75 Å². The number of hydrogen-bond acceptors (Lipinski definition) is 1. The Balaban J connectivity index is 2.37. The fraction of sp³-hybridized carbons (Fsp3) is 0.538. The molecule has 0 bridgehead atoms. The molecule has 0 spiro atoms. The van der Waals surface area contributed by atoms with E-state index in [0.29, 0.717) is 0 Å². The summed E-state index contributed by atoms with van der Waals surface area (Å²) in [5.74, 6) is 1.71. The predicted octanol–water partition coefficient (Wildman–Crippen LogP) is 4.95. The zero-order valence-electron chi connectivity index (χ0n) is 9.80. The van der Waals surface area contributed by atoms with Crippen LogP contribution in [0.15, 0.2) is 22.7 Å². The maximum absolute atomic E-state index is 5.77. The van der Waals surface area contributed by atoms with E-state index < -0.39 is 0 Å². The van der Waals surface area contributed by atoms with Crippen molar-refractivity contribution < 1.29 is 4.74 Å². The Morgan fingerprint density at radius 2 is 2.06 bits per heavy atom. The Kier molecular flexibility index (Phi) is 6.44. The summed E-state index contributed by atoms with van der Waals surface area (Å²) in [5, 5.41) is 1.07. The molecule has 0 amide bonds. The summed E-state index contributed by atoms with van der Waals surface area (Å²) < 4.78 is 6.87. The van der Waals surface area contributed by atoms with Gasteiger partial charge in [-0.15, -0.1) is 0 Å². The fourth-order valence-corrected chi connectivity index (χ4v) is 2.73. The van der Waals surface area contributed by atoms with E-state index in [0.717, 1.165) is 34.5 Å². The van der Waals surface area contributed by atoms with Crippen molar-refractivity contribution in [1.29, 1.82) is 0 Å². The Labute approximate surface area is 115 Å². The van der Waals surface area contributed by atoms with Crippen LogP contribution in [0.1, 0.15) is 25.3 Å². The van der Waals surface area contributed by atoms with Crippen LogP contribution in [0.5, 0.6) is 5.75 Å². The summed E-state index contributed by atoms with van der Waals surface area (Å²) in [7, 11) is 0. The average Bonchev–Trinajstić information content (AvgIpc) is 2.22. The summed E-state index contributed by atoms with van der Waals surface area (Å²) in [6, 6.07) is 6.12.